The smallest absolute Gasteiger partial charge is 0.269 e. The van der Waals surface area contributed by atoms with Crippen molar-refractivity contribution in [2.75, 3.05) is 12.4 Å². The van der Waals surface area contributed by atoms with E-state index in [0.717, 1.165) is 5.56 Å². The van der Waals surface area contributed by atoms with Gasteiger partial charge in [0.25, 0.3) is 11.5 Å². The van der Waals surface area contributed by atoms with E-state index >= 15 is 0 Å². The number of nitrogens with zero attached hydrogens (tertiary/aromatic N) is 3. The molecule has 0 fully saturated rings. The fourth-order valence-electron chi connectivity index (χ4n) is 3.63. The number of para-hydroxylation sites is 2. The Kier molecular flexibility index (Phi) is 6.31. The normalized spacial score (nSPS) is 11.7. The third-order valence-corrected chi connectivity index (χ3v) is 5.68. The van der Waals surface area contributed by atoms with E-state index in [9.17, 15) is 14.4 Å². The van der Waals surface area contributed by atoms with Crippen LogP contribution in [0.3, 0.4) is 0 Å². The molecule has 3 aromatic carbocycles. The Morgan fingerprint density at radius 1 is 1.00 bits per heavy atom. The summed E-state index contributed by atoms with van der Waals surface area (Å²) in [7, 11) is 1.71. The van der Waals surface area contributed by atoms with Crippen LogP contribution >= 0.6 is 0 Å². The first kappa shape index (κ1) is 22.0. The van der Waals surface area contributed by atoms with E-state index in [2.05, 4.69) is 10.3 Å². The summed E-state index contributed by atoms with van der Waals surface area (Å²) >= 11 is 0. The highest BCUT2D eigenvalue weighted by Gasteiger charge is 2.19. The van der Waals surface area contributed by atoms with Gasteiger partial charge in [0.1, 0.15) is 6.54 Å². The molecule has 0 aliphatic rings. The summed E-state index contributed by atoms with van der Waals surface area (Å²) in [5, 5.41) is 2.89. The van der Waals surface area contributed by atoms with E-state index in [4.69, 9.17) is 0 Å². The molecule has 0 aliphatic heterocycles. The molecule has 0 spiro atoms. The highest BCUT2D eigenvalue weighted by Crippen LogP contribution is 2.23. The quantitative estimate of drug-likeness (QED) is 0.493. The van der Waals surface area contributed by atoms with Crippen LogP contribution in [0.5, 0.6) is 0 Å². The molecule has 7 nitrogen and oxygen atoms in total. The minimum absolute atomic E-state index is 0.0901. The molecule has 166 valence electrons. The van der Waals surface area contributed by atoms with Crippen LogP contribution in [0.1, 0.15) is 28.9 Å². The number of nitrogens with one attached hydrogen (secondary N) is 1. The van der Waals surface area contributed by atoms with Crippen LogP contribution in [-0.4, -0.2) is 33.3 Å². The molecule has 0 aliphatic carbocycles. The molecule has 0 bridgehead atoms. The second-order valence-electron chi connectivity index (χ2n) is 7.80. The molecule has 2 amide bonds. The average molecular weight is 441 g/mol. The summed E-state index contributed by atoms with van der Waals surface area (Å²) in [6.45, 7) is 1.82. The van der Waals surface area contributed by atoms with Crippen molar-refractivity contribution >= 4 is 28.5 Å². The molecule has 7 heteroatoms. The van der Waals surface area contributed by atoms with Gasteiger partial charge in [-0.2, -0.15) is 0 Å². The summed E-state index contributed by atoms with van der Waals surface area (Å²) < 4.78 is 1.43. The molecule has 0 saturated heterocycles. The maximum absolute atomic E-state index is 13.0. The number of carbonyl (C=O) groups is 2. The van der Waals surface area contributed by atoms with Crippen molar-refractivity contribution in [2.45, 2.75) is 19.5 Å². The Morgan fingerprint density at radius 3 is 2.52 bits per heavy atom. The van der Waals surface area contributed by atoms with Gasteiger partial charge in [0.15, 0.2) is 0 Å². The predicted molar refractivity (Wildman–Crippen MR) is 128 cm³/mol. The van der Waals surface area contributed by atoms with Crippen LogP contribution in [0.25, 0.3) is 11.0 Å². The van der Waals surface area contributed by atoms with Crippen molar-refractivity contribution in [3.8, 4) is 0 Å². The van der Waals surface area contributed by atoms with E-state index < -0.39 is 0 Å². The van der Waals surface area contributed by atoms with Gasteiger partial charge in [0.2, 0.25) is 5.91 Å². The van der Waals surface area contributed by atoms with Crippen molar-refractivity contribution in [3.05, 3.63) is 107 Å². The Bertz CT molecular complexity index is 1360. The molecule has 1 atom stereocenters. The van der Waals surface area contributed by atoms with Gasteiger partial charge in [-0.3, -0.25) is 19.0 Å². The summed E-state index contributed by atoms with van der Waals surface area (Å²) in [6.07, 6.45) is 1.23. The SMILES string of the molecule is C[C@H](c1cccc(NC(=O)c2ccccc2)c1)N(C)C(=O)Cn1c(=O)cnc2ccccc21. The third-order valence-electron chi connectivity index (χ3n) is 5.68. The number of aromatic nitrogens is 2. The molecule has 1 aromatic heterocycles. The second kappa shape index (κ2) is 9.48. The third kappa shape index (κ3) is 4.82. The molecule has 0 saturated carbocycles. The largest absolute Gasteiger partial charge is 0.337 e. The van der Waals surface area contributed by atoms with Gasteiger partial charge < -0.3 is 10.2 Å². The van der Waals surface area contributed by atoms with Crippen LogP contribution in [0, 0.1) is 0 Å². The maximum atomic E-state index is 13.0. The molecular weight excluding hydrogens is 416 g/mol. The Morgan fingerprint density at radius 2 is 1.73 bits per heavy atom. The molecule has 1 heterocycles. The first-order valence-electron chi connectivity index (χ1n) is 10.6. The molecule has 33 heavy (non-hydrogen) atoms. The number of hydrogen-bond acceptors (Lipinski definition) is 4. The minimum atomic E-state index is -0.325. The monoisotopic (exact) mass is 440 g/mol. The summed E-state index contributed by atoms with van der Waals surface area (Å²) in [6, 6.07) is 23.3. The van der Waals surface area contributed by atoms with Gasteiger partial charge in [0, 0.05) is 18.3 Å². The lowest BCUT2D eigenvalue weighted by molar-refractivity contribution is -0.132. The minimum Gasteiger partial charge on any atom is -0.337 e. The van der Waals surface area contributed by atoms with Gasteiger partial charge in [0.05, 0.1) is 23.3 Å². The van der Waals surface area contributed by atoms with Gasteiger partial charge in [-0.25, -0.2) is 4.98 Å². The number of anilines is 1. The molecular formula is C26H24N4O3. The van der Waals surface area contributed by atoms with E-state index in [0.29, 0.717) is 22.3 Å². The number of carbonyl (C=O) groups excluding carboxylic acids is 2. The lowest BCUT2D eigenvalue weighted by atomic mass is 10.1. The maximum Gasteiger partial charge on any atom is 0.269 e. The number of hydrogen-bond donors (Lipinski definition) is 1. The fraction of sp³-hybridized carbons (Fsp3) is 0.154. The number of fused-ring (bicyclic) bond motifs is 1. The van der Waals surface area contributed by atoms with E-state index in [1.165, 1.54) is 10.8 Å². The van der Waals surface area contributed by atoms with Crippen LogP contribution in [0.4, 0.5) is 5.69 Å². The van der Waals surface area contributed by atoms with Crippen LogP contribution in [-0.2, 0) is 11.3 Å². The standard InChI is InChI=1S/C26H24N4O3/c1-18(20-11-8-12-21(15-20)28-26(33)19-9-4-3-5-10-19)29(2)25(32)17-30-23-14-7-6-13-22(23)27-16-24(30)31/h3-16,18H,17H2,1-2H3,(H,28,33)/t18-/m1/s1. The van der Waals surface area contributed by atoms with Crippen molar-refractivity contribution in [3.63, 3.8) is 0 Å². The van der Waals surface area contributed by atoms with Crippen molar-refractivity contribution in [1.82, 2.24) is 14.5 Å². The Labute approximate surface area is 191 Å². The zero-order valence-electron chi connectivity index (χ0n) is 18.4. The van der Waals surface area contributed by atoms with Crippen molar-refractivity contribution in [2.24, 2.45) is 0 Å². The van der Waals surface area contributed by atoms with Crippen LogP contribution in [0.2, 0.25) is 0 Å². The van der Waals surface area contributed by atoms with Crippen molar-refractivity contribution in [1.29, 1.82) is 0 Å². The predicted octanol–water partition coefficient (Wildman–Crippen LogP) is 3.87. The fourth-order valence-corrected chi connectivity index (χ4v) is 3.63. The van der Waals surface area contributed by atoms with Gasteiger partial charge in [-0.05, 0) is 48.9 Å². The first-order valence-corrected chi connectivity index (χ1v) is 10.6. The first-order chi connectivity index (χ1) is 15.9. The van der Waals surface area contributed by atoms with Gasteiger partial charge in [-0.15, -0.1) is 0 Å². The molecule has 1 N–H and O–H groups in total. The van der Waals surface area contributed by atoms with E-state index in [1.807, 2.05) is 61.5 Å². The second-order valence-corrected chi connectivity index (χ2v) is 7.80. The summed E-state index contributed by atoms with van der Waals surface area (Å²) in [5.41, 5.74) is 3.02. The van der Waals surface area contributed by atoms with E-state index in [-0.39, 0.29) is 30.0 Å². The van der Waals surface area contributed by atoms with Gasteiger partial charge in [-0.1, -0.05) is 42.5 Å². The van der Waals surface area contributed by atoms with Crippen LogP contribution in [0.15, 0.2) is 89.9 Å². The Balaban J connectivity index is 1.50. The number of amides is 2. The lowest BCUT2D eigenvalue weighted by Crippen LogP contribution is -2.35. The number of rotatable bonds is 6. The summed E-state index contributed by atoms with van der Waals surface area (Å²) in [5.74, 6) is -0.409. The molecule has 0 unspecified atom stereocenters. The van der Waals surface area contributed by atoms with Crippen LogP contribution < -0.4 is 10.9 Å². The van der Waals surface area contributed by atoms with E-state index in [1.54, 1.807) is 36.2 Å². The highest BCUT2D eigenvalue weighted by atomic mass is 16.2. The topological polar surface area (TPSA) is 84.3 Å². The number of benzene rings is 3. The molecule has 0 radical (unpaired) electrons. The number of likely N-dealkylation sites (N-methyl/N-ethyl adjacent to an activating group) is 1. The zero-order chi connectivity index (χ0) is 23.4. The van der Waals surface area contributed by atoms with Gasteiger partial charge >= 0.3 is 0 Å². The molecule has 4 aromatic rings. The average Bonchev–Trinajstić information content (AvgIpc) is 2.85. The Hall–Kier alpha value is -4.26. The summed E-state index contributed by atoms with van der Waals surface area (Å²) in [4.78, 5) is 43.6. The lowest BCUT2D eigenvalue weighted by Gasteiger charge is -2.26. The highest BCUT2D eigenvalue weighted by molar-refractivity contribution is 6.04. The zero-order valence-corrected chi connectivity index (χ0v) is 18.4. The van der Waals surface area contributed by atoms with Crippen molar-refractivity contribution < 1.29 is 9.59 Å². The molecule has 4 rings (SSSR count).